The van der Waals surface area contributed by atoms with E-state index in [1.54, 1.807) is 0 Å². The first-order valence-corrected chi connectivity index (χ1v) is 5.75. The van der Waals surface area contributed by atoms with Crippen LogP contribution in [0.25, 0.3) is 6.08 Å². The minimum Gasteiger partial charge on any atom is -0.494 e. The van der Waals surface area contributed by atoms with Gasteiger partial charge in [0.1, 0.15) is 6.61 Å². The monoisotopic (exact) mass is 224 g/mol. The fraction of sp³-hybridized carbons (Fsp3) is 0.125. The molecule has 0 atom stereocenters. The van der Waals surface area contributed by atoms with E-state index in [-0.39, 0.29) is 0 Å². The highest BCUT2D eigenvalue weighted by atomic mass is 16.5. The molecule has 2 rings (SSSR count). The summed E-state index contributed by atoms with van der Waals surface area (Å²) in [7, 11) is 0. The largest absolute Gasteiger partial charge is 0.494 e. The van der Waals surface area contributed by atoms with Crippen LogP contribution in [-0.2, 0) is 11.3 Å². The average Bonchev–Trinajstić information content (AvgIpc) is 2.39. The predicted octanol–water partition coefficient (Wildman–Crippen LogP) is 4.26. The van der Waals surface area contributed by atoms with Crippen molar-refractivity contribution in [3.63, 3.8) is 0 Å². The van der Waals surface area contributed by atoms with Gasteiger partial charge in [0, 0.05) is 0 Å². The van der Waals surface area contributed by atoms with E-state index in [4.69, 9.17) is 4.74 Å². The molecule has 0 amide bonds. The normalized spacial score (nSPS) is 11.2. The number of benzene rings is 2. The molecule has 0 N–H and O–H groups in total. The third kappa shape index (κ3) is 3.80. The SMILES string of the molecule is C/C(=C\c1ccccc1)OCc1ccccc1. The highest BCUT2D eigenvalue weighted by molar-refractivity contribution is 5.50. The van der Waals surface area contributed by atoms with Crippen molar-refractivity contribution in [2.75, 3.05) is 0 Å². The summed E-state index contributed by atoms with van der Waals surface area (Å²) in [6.45, 7) is 2.60. The lowest BCUT2D eigenvalue weighted by molar-refractivity contribution is 0.204. The van der Waals surface area contributed by atoms with Crippen LogP contribution in [0.1, 0.15) is 18.1 Å². The van der Waals surface area contributed by atoms with Crippen molar-refractivity contribution in [2.45, 2.75) is 13.5 Å². The Morgan fingerprint density at radius 2 is 1.53 bits per heavy atom. The molecule has 2 aromatic carbocycles. The van der Waals surface area contributed by atoms with Crippen LogP contribution in [-0.4, -0.2) is 0 Å². The van der Waals surface area contributed by atoms with Crippen molar-refractivity contribution in [2.24, 2.45) is 0 Å². The lowest BCUT2D eigenvalue weighted by Gasteiger charge is -2.06. The van der Waals surface area contributed by atoms with E-state index in [0.29, 0.717) is 6.61 Å². The lowest BCUT2D eigenvalue weighted by Crippen LogP contribution is -1.90. The molecule has 0 spiro atoms. The van der Waals surface area contributed by atoms with E-state index in [2.05, 4.69) is 24.3 Å². The van der Waals surface area contributed by atoms with Gasteiger partial charge in [0.05, 0.1) is 5.76 Å². The molecule has 17 heavy (non-hydrogen) atoms. The van der Waals surface area contributed by atoms with Gasteiger partial charge in [-0.2, -0.15) is 0 Å². The Labute approximate surface area is 102 Å². The second kappa shape index (κ2) is 5.90. The fourth-order valence-electron chi connectivity index (χ4n) is 1.60. The Hall–Kier alpha value is -2.02. The van der Waals surface area contributed by atoms with Crippen LogP contribution in [0, 0.1) is 0 Å². The van der Waals surface area contributed by atoms with Gasteiger partial charge in [-0.25, -0.2) is 0 Å². The standard InChI is InChI=1S/C16H16O/c1-14(12-15-8-4-2-5-9-15)17-13-16-10-6-3-7-11-16/h2-12H,13H2,1H3/b14-12+. The third-order valence-corrected chi connectivity index (χ3v) is 2.48. The topological polar surface area (TPSA) is 9.23 Å². The maximum absolute atomic E-state index is 5.69. The first kappa shape index (κ1) is 11.5. The van der Waals surface area contributed by atoms with E-state index in [1.807, 2.05) is 49.4 Å². The summed E-state index contributed by atoms with van der Waals surface area (Å²) in [6, 6.07) is 20.4. The van der Waals surface area contributed by atoms with E-state index < -0.39 is 0 Å². The number of hydrogen-bond donors (Lipinski definition) is 0. The van der Waals surface area contributed by atoms with E-state index in [0.717, 1.165) is 11.3 Å². The molecule has 1 heteroatoms. The van der Waals surface area contributed by atoms with Crippen molar-refractivity contribution in [1.29, 1.82) is 0 Å². The van der Waals surface area contributed by atoms with Gasteiger partial charge in [0.2, 0.25) is 0 Å². The quantitative estimate of drug-likeness (QED) is 0.705. The Morgan fingerprint density at radius 3 is 2.18 bits per heavy atom. The molecule has 0 aliphatic carbocycles. The maximum atomic E-state index is 5.69. The Morgan fingerprint density at radius 1 is 0.941 bits per heavy atom. The zero-order chi connectivity index (χ0) is 11.9. The molecule has 0 aliphatic heterocycles. The molecule has 86 valence electrons. The molecule has 0 unspecified atom stereocenters. The molecule has 0 saturated heterocycles. The molecule has 0 fully saturated rings. The van der Waals surface area contributed by atoms with Gasteiger partial charge >= 0.3 is 0 Å². The summed E-state index contributed by atoms with van der Waals surface area (Å²) in [5, 5.41) is 0. The Bertz CT molecular complexity index is 471. The van der Waals surface area contributed by atoms with Crippen molar-refractivity contribution >= 4 is 6.08 Å². The average molecular weight is 224 g/mol. The summed E-state index contributed by atoms with van der Waals surface area (Å²) in [5.74, 6) is 0.931. The van der Waals surface area contributed by atoms with Crippen molar-refractivity contribution < 1.29 is 4.74 Å². The van der Waals surface area contributed by atoms with Crippen LogP contribution in [0.4, 0.5) is 0 Å². The van der Waals surface area contributed by atoms with Gasteiger partial charge in [0.25, 0.3) is 0 Å². The predicted molar refractivity (Wildman–Crippen MR) is 71.3 cm³/mol. The number of hydrogen-bond acceptors (Lipinski definition) is 1. The van der Waals surface area contributed by atoms with Crippen LogP contribution in [0.5, 0.6) is 0 Å². The third-order valence-electron chi connectivity index (χ3n) is 2.48. The molecule has 0 heterocycles. The van der Waals surface area contributed by atoms with E-state index in [1.165, 1.54) is 5.56 Å². The van der Waals surface area contributed by atoms with Crippen LogP contribution in [0.15, 0.2) is 66.4 Å². The van der Waals surface area contributed by atoms with Gasteiger partial charge < -0.3 is 4.74 Å². The summed E-state index contributed by atoms with van der Waals surface area (Å²) >= 11 is 0. The van der Waals surface area contributed by atoms with Gasteiger partial charge in [-0.15, -0.1) is 0 Å². The Kier molecular flexibility index (Phi) is 3.98. The number of ether oxygens (including phenoxy) is 1. The summed E-state index contributed by atoms with van der Waals surface area (Å²) in [5.41, 5.74) is 2.35. The summed E-state index contributed by atoms with van der Waals surface area (Å²) in [6.07, 6.45) is 2.04. The molecule has 0 radical (unpaired) electrons. The minimum atomic E-state index is 0.621. The first-order valence-electron chi connectivity index (χ1n) is 5.75. The van der Waals surface area contributed by atoms with Crippen LogP contribution < -0.4 is 0 Å². The van der Waals surface area contributed by atoms with Gasteiger partial charge in [-0.05, 0) is 24.1 Å². The van der Waals surface area contributed by atoms with Gasteiger partial charge in [-0.1, -0.05) is 60.7 Å². The smallest absolute Gasteiger partial charge is 0.113 e. The molecular weight excluding hydrogens is 208 g/mol. The molecule has 0 bridgehead atoms. The lowest BCUT2D eigenvalue weighted by atomic mass is 10.2. The molecule has 2 aromatic rings. The van der Waals surface area contributed by atoms with Crippen LogP contribution >= 0.6 is 0 Å². The molecular formula is C16H16O. The second-order valence-corrected chi connectivity index (χ2v) is 3.94. The minimum absolute atomic E-state index is 0.621. The van der Waals surface area contributed by atoms with Crippen molar-refractivity contribution in [3.05, 3.63) is 77.5 Å². The first-order chi connectivity index (χ1) is 8.34. The second-order valence-electron chi connectivity index (χ2n) is 3.94. The maximum Gasteiger partial charge on any atom is 0.113 e. The van der Waals surface area contributed by atoms with E-state index in [9.17, 15) is 0 Å². The molecule has 0 aliphatic rings. The number of allylic oxidation sites excluding steroid dienone is 1. The molecule has 0 aromatic heterocycles. The molecule has 0 saturated carbocycles. The molecule has 1 nitrogen and oxygen atoms in total. The van der Waals surface area contributed by atoms with Gasteiger partial charge in [0.15, 0.2) is 0 Å². The highest BCUT2D eigenvalue weighted by Gasteiger charge is 1.94. The zero-order valence-electron chi connectivity index (χ0n) is 9.97. The van der Waals surface area contributed by atoms with Crippen LogP contribution in [0.3, 0.4) is 0 Å². The number of rotatable bonds is 4. The zero-order valence-corrected chi connectivity index (χ0v) is 9.97. The summed E-state index contributed by atoms with van der Waals surface area (Å²) < 4.78 is 5.69. The summed E-state index contributed by atoms with van der Waals surface area (Å²) in [4.78, 5) is 0. The van der Waals surface area contributed by atoms with E-state index >= 15 is 0 Å². The Balaban J connectivity index is 1.94. The van der Waals surface area contributed by atoms with Gasteiger partial charge in [-0.3, -0.25) is 0 Å². The fourth-order valence-corrected chi connectivity index (χ4v) is 1.60. The highest BCUT2D eigenvalue weighted by Crippen LogP contribution is 2.10. The van der Waals surface area contributed by atoms with Crippen molar-refractivity contribution in [3.8, 4) is 0 Å². The van der Waals surface area contributed by atoms with Crippen LogP contribution in [0.2, 0.25) is 0 Å². The van der Waals surface area contributed by atoms with Crippen molar-refractivity contribution in [1.82, 2.24) is 0 Å².